The van der Waals surface area contributed by atoms with E-state index in [9.17, 15) is 0 Å². The van der Waals surface area contributed by atoms with E-state index in [-0.39, 0.29) is 76.8 Å². The minimum Gasteiger partial charge on any atom is -0.344 e. The molecule has 4 radical (unpaired) electrons. The van der Waals surface area contributed by atoms with E-state index >= 15 is 0 Å². The van der Waals surface area contributed by atoms with Gasteiger partial charge in [-0.05, 0) is 0 Å². The van der Waals surface area contributed by atoms with Crippen molar-refractivity contribution in [1.82, 2.24) is 6.15 Å². The summed E-state index contributed by atoms with van der Waals surface area (Å²) in [5.74, 6) is 0. The number of hydrogen-bond acceptors (Lipinski definition) is 1. The second-order valence-electron chi connectivity index (χ2n) is 0. The molecule has 3 N–H and O–H groups in total. The first-order valence-corrected chi connectivity index (χ1v) is 0. The summed E-state index contributed by atoms with van der Waals surface area (Å²) in [5, 5.41) is 0. The van der Waals surface area contributed by atoms with Crippen LogP contribution in [0, 0.1) is 0 Å². The topological polar surface area (TPSA) is 35.0 Å². The molecule has 0 aliphatic rings. The normalized spacial score (nSPS) is 0. The average molecular weight is 115 g/mol. The van der Waals surface area contributed by atoms with Gasteiger partial charge in [-0.3, -0.25) is 0 Å². The van der Waals surface area contributed by atoms with Crippen molar-refractivity contribution < 1.29 is 0 Å². The summed E-state index contributed by atoms with van der Waals surface area (Å²) in [5.41, 5.74) is 0. The van der Waals surface area contributed by atoms with E-state index in [2.05, 4.69) is 0 Å². The summed E-state index contributed by atoms with van der Waals surface area (Å²) in [4.78, 5) is 0. The third kappa shape index (κ3) is 8.83. The average Bonchev–Trinajstić information content (AvgIpc) is 0. The fraction of sp³-hybridized carbons (Fsp3) is 0. The Morgan fingerprint density at radius 3 is 1.00 bits per heavy atom. The summed E-state index contributed by atoms with van der Waals surface area (Å²) in [6, 6.07) is 0. The molecule has 20 valence electrons. The standard InChI is InChI=1S/Ca.Mg.H3N.H3P/h;;2*1H3. The van der Waals surface area contributed by atoms with Crippen molar-refractivity contribution in [1.29, 1.82) is 0 Å². The molecule has 1 unspecified atom stereocenters. The van der Waals surface area contributed by atoms with Crippen LogP contribution in [-0.4, -0.2) is 60.8 Å². The Bertz CT molecular complexity index is 8.00. The molecule has 0 saturated heterocycles. The molecule has 0 spiro atoms. The summed E-state index contributed by atoms with van der Waals surface area (Å²) in [6.45, 7) is 0. The Kier molecular flexibility index (Phi) is 146. The van der Waals surface area contributed by atoms with E-state index in [1.165, 1.54) is 0 Å². The number of hydrogen-bond donors (Lipinski definition) is 1. The van der Waals surface area contributed by atoms with Crippen molar-refractivity contribution in [3.63, 3.8) is 0 Å². The molecule has 0 saturated carbocycles. The Morgan fingerprint density at radius 1 is 1.00 bits per heavy atom. The summed E-state index contributed by atoms with van der Waals surface area (Å²) < 4.78 is 0. The van der Waals surface area contributed by atoms with Gasteiger partial charge in [0.05, 0.1) is 0 Å². The Labute approximate surface area is 75.6 Å². The molecule has 4 heteroatoms. The molecule has 0 amide bonds. The number of rotatable bonds is 0. The van der Waals surface area contributed by atoms with Crippen LogP contribution in [0.25, 0.3) is 0 Å². The molecule has 0 aromatic carbocycles. The van der Waals surface area contributed by atoms with Gasteiger partial charge in [0.25, 0.3) is 0 Å². The van der Waals surface area contributed by atoms with Crippen molar-refractivity contribution in [2.24, 2.45) is 0 Å². The first-order valence-electron chi connectivity index (χ1n) is 0. The van der Waals surface area contributed by atoms with Gasteiger partial charge >= 0.3 is 0 Å². The van der Waals surface area contributed by atoms with E-state index < -0.39 is 0 Å². The van der Waals surface area contributed by atoms with Crippen LogP contribution in [0.4, 0.5) is 0 Å². The first-order chi connectivity index (χ1) is 0. The van der Waals surface area contributed by atoms with Gasteiger partial charge in [0.1, 0.15) is 0 Å². The van der Waals surface area contributed by atoms with Crippen molar-refractivity contribution in [3.05, 3.63) is 0 Å². The predicted octanol–water partition coefficient (Wildman–Crippen LogP) is -0.542. The monoisotopic (exact) mass is 115 g/mol. The van der Waals surface area contributed by atoms with Crippen molar-refractivity contribution >= 4 is 70.7 Å². The summed E-state index contributed by atoms with van der Waals surface area (Å²) >= 11 is 0. The Morgan fingerprint density at radius 2 is 1.00 bits per heavy atom. The van der Waals surface area contributed by atoms with Crippen LogP contribution in [0.1, 0.15) is 0 Å². The first kappa shape index (κ1) is 32.2. The van der Waals surface area contributed by atoms with Crippen molar-refractivity contribution in [2.45, 2.75) is 0 Å². The minimum atomic E-state index is 0. The van der Waals surface area contributed by atoms with Gasteiger partial charge in [-0.2, -0.15) is 9.90 Å². The van der Waals surface area contributed by atoms with Crippen LogP contribution in [-0.2, 0) is 0 Å². The van der Waals surface area contributed by atoms with Gasteiger partial charge in [0.15, 0.2) is 0 Å². The maximum atomic E-state index is 0. The zero-order chi connectivity index (χ0) is 0. The maximum absolute atomic E-state index is 0. The fourth-order valence-corrected chi connectivity index (χ4v) is 0. The van der Waals surface area contributed by atoms with Crippen molar-refractivity contribution in [2.75, 3.05) is 0 Å². The molecule has 0 aliphatic carbocycles. The van der Waals surface area contributed by atoms with Gasteiger partial charge in [0, 0.05) is 60.8 Å². The summed E-state index contributed by atoms with van der Waals surface area (Å²) in [7, 11) is 0. The molecule has 4 heavy (non-hydrogen) atoms. The molecule has 0 fully saturated rings. The second-order valence-corrected chi connectivity index (χ2v) is 0. The van der Waals surface area contributed by atoms with E-state index in [4.69, 9.17) is 0 Å². The van der Waals surface area contributed by atoms with Crippen LogP contribution >= 0.6 is 9.90 Å². The van der Waals surface area contributed by atoms with Crippen LogP contribution in [0.15, 0.2) is 0 Å². The molecule has 0 aliphatic heterocycles. The Balaban J connectivity index is 0. The van der Waals surface area contributed by atoms with Crippen LogP contribution < -0.4 is 6.15 Å². The van der Waals surface area contributed by atoms with E-state index in [0.717, 1.165) is 0 Å². The molecule has 0 aromatic rings. The maximum Gasteiger partial charge on any atom is 0 e. The SMILES string of the molecule is N.P.[Ca].[Mg]. The molecular weight excluding hydrogens is 109 g/mol. The molecule has 1 nitrogen and oxygen atoms in total. The zero-order valence-corrected chi connectivity index (χ0v) is 7.87. The van der Waals surface area contributed by atoms with E-state index in [1.54, 1.807) is 0 Å². The molecule has 0 heterocycles. The van der Waals surface area contributed by atoms with Gasteiger partial charge in [0.2, 0.25) is 0 Å². The van der Waals surface area contributed by atoms with Crippen molar-refractivity contribution in [3.8, 4) is 0 Å². The largest absolute Gasteiger partial charge is 0.344 e. The summed E-state index contributed by atoms with van der Waals surface area (Å²) in [6.07, 6.45) is 0. The second kappa shape index (κ2) is 18.1. The molecule has 0 rings (SSSR count). The minimum absolute atomic E-state index is 0. The molecule has 1 atom stereocenters. The molecule has 0 bridgehead atoms. The molecule has 0 aromatic heterocycles. The third-order valence-electron chi connectivity index (χ3n) is 0. The van der Waals surface area contributed by atoms with Gasteiger partial charge in [-0.1, -0.05) is 0 Å². The van der Waals surface area contributed by atoms with Gasteiger partial charge in [-0.25, -0.2) is 0 Å². The van der Waals surface area contributed by atoms with Crippen LogP contribution in [0.3, 0.4) is 0 Å². The smallest absolute Gasteiger partial charge is 0 e. The van der Waals surface area contributed by atoms with E-state index in [1.807, 2.05) is 0 Å². The van der Waals surface area contributed by atoms with E-state index in [0.29, 0.717) is 0 Å². The Hall–Kier alpha value is 2.42. The van der Waals surface area contributed by atoms with Gasteiger partial charge in [-0.15, -0.1) is 0 Å². The molecular formula is H6CaMgNP. The van der Waals surface area contributed by atoms with Crippen LogP contribution in [0.2, 0.25) is 0 Å². The van der Waals surface area contributed by atoms with Crippen LogP contribution in [0.5, 0.6) is 0 Å². The quantitative estimate of drug-likeness (QED) is 0.334. The fourth-order valence-electron chi connectivity index (χ4n) is 0. The van der Waals surface area contributed by atoms with Gasteiger partial charge < -0.3 is 6.15 Å². The third-order valence-corrected chi connectivity index (χ3v) is 0. The predicted molar refractivity (Wildman–Crippen MR) is 27.6 cm³/mol. The zero-order valence-electron chi connectivity index (χ0n) is 2.83.